The highest BCUT2D eigenvalue weighted by atomic mass is 32.1. The third kappa shape index (κ3) is 2.48. The van der Waals surface area contributed by atoms with Gasteiger partial charge in [0.2, 0.25) is 5.91 Å². The van der Waals surface area contributed by atoms with E-state index in [0.717, 1.165) is 15.9 Å². The molecule has 2 aromatic heterocycles. The van der Waals surface area contributed by atoms with Gasteiger partial charge in [-0.15, -0.1) is 0 Å². The van der Waals surface area contributed by atoms with Crippen molar-refractivity contribution in [2.45, 2.75) is 13.5 Å². The molecule has 0 saturated heterocycles. The van der Waals surface area contributed by atoms with E-state index in [-0.39, 0.29) is 12.5 Å². The lowest BCUT2D eigenvalue weighted by Gasteiger charge is -2.03. The second-order valence-corrected chi connectivity index (χ2v) is 5.46. The monoisotopic (exact) mass is 287 g/mol. The molecule has 0 spiro atoms. The number of fused-ring (bicyclic) bond motifs is 1. The predicted molar refractivity (Wildman–Crippen MR) is 79.6 cm³/mol. The number of nitrogens with one attached hydrogen (secondary N) is 1. The molecule has 1 aromatic carbocycles. The summed E-state index contributed by atoms with van der Waals surface area (Å²) >= 11 is 1.40. The normalized spacial score (nSPS) is 10.8. The van der Waals surface area contributed by atoms with Gasteiger partial charge in [-0.1, -0.05) is 11.3 Å². The fourth-order valence-electron chi connectivity index (χ4n) is 1.85. The molecule has 0 unspecified atom stereocenters. The number of hydrogen-bond acceptors (Lipinski definition) is 5. The number of rotatable bonds is 3. The molecule has 3 aromatic rings. The molecule has 1 amide bonds. The van der Waals surface area contributed by atoms with E-state index in [4.69, 9.17) is 5.73 Å². The molecule has 0 atom stereocenters. The number of aryl methyl sites for hydroxylation is 1. The number of thiazole rings is 1. The Labute approximate surface area is 119 Å². The Hall–Kier alpha value is -2.41. The van der Waals surface area contributed by atoms with E-state index in [1.807, 2.05) is 25.1 Å². The minimum Gasteiger partial charge on any atom is -0.399 e. The number of hydrogen-bond donors (Lipinski definition) is 2. The van der Waals surface area contributed by atoms with Crippen molar-refractivity contribution in [3.8, 4) is 0 Å². The number of nitrogens with zero attached hydrogens (tertiary/aromatic N) is 3. The second kappa shape index (κ2) is 4.93. The lowest BCUT2D eigenvalue weighted by atomic mass is 10.3. The molecule has 0 bridgehead atoms. The Morgan fingerprint density at radius 3 is 3.05 bits per heavy atom. The van der Waals surface area contributed by atoms with Crippen LogP contribution in [-0.2, 0) is 11.3 Å². The lowest BCUT2D eigenvalue weighted by molar-refractivity contribution is -0.116. The zero-order valence-electron chi connectivity index (χ0n) is 10.8. The molecule has 0 saturated carbocycles. The van der Waals surface area contributed by atoms with Crippen LogP contribution in [0.25, 0.3) is 10.2 Å². The number of nitrogen functional groups attached to an aromatic ring is 1. The van der Waals surface area contributed by atoms with E-state index in [0.29, 0.717) is 10.8 Å². The third-order valence-corrected chi connectivity index (χ3v) is 3.81. The first-order chi connectivity index (χ1) is 9.61. The first-order valence-electron chi connectivity index (χ1n) is 6.06. The van der Waals surface area contributed by atoms with E-state index in [1.165, 1.54) is 11.3 Å². The average Bonchev–Trinajstić information content (AvgIpc) is 2.95. The fourth-order valence-corrected chi connectivity index (χ4v) is 2.78. The minimum absolute atomic E-state index is 0.149. The molecular weight excluding hydrogens is 274 g/mol. The summed E-state index contributed by atoms with van der Waals surface area (Å²) in [6.07, 6.45) is 1.67. The molecule has 102 valence electrons. The number of nitrogens with two attached hydrogens (primary N) is 1. The highest BCUT2D eigenvalue weighted by molar-refractivity contribution is 7.22. The molecule has 0 radical (unpaired) electrons. The summed E-state index contributed by atoms with van der Waals surface area (Å²) in [4.78, 5) is 16.3. The summed E-state index contributed by atoms with van der Waals surface area (Å²) in [6, 6.07) is 7.34. The average molecular weight is 287 g/mol. The van der Waals surface area contributed by atoms with Crippen LogP contribution < -0.4 is 11.1 Å². The van der Waals surface area contributed by atoms with E-state index in [9.17, 15) is 4.79 Å². The highest BCUT2D eigenvalue weighted by Crippen LogP contribution is 2.27. The van der Waals surface area contributed by atoms with E-state index in [2.05, 4.69) is 15.4 Å². The third-order valence-electron chi connectivity index (χ3n) is 2.88. The van der Waals surface area contributed by atoms with Gasteiger partial charge in [-0.25, -0.2) is 4.98 Å². The molecule has 7 heteroatoms. The standard InChI is InChI=1S/C13H13N5OS/c1-8-4-5-15-18(8)7-12(19)17-13-16-10-3-2-9(14)6-11(10)20-13/h2-6H,7,14H2,1H3,(H,16,17,19). The molecule has 0 aliphatic heterocycles. The van der Waals surface area contributed by atoms with E-state index < -0.39 is 0 Å². The van der Waals surface area contributed by atoms with Gasteiger partial charge in [0.05, 0.1) is 10.2 Å². The van der Waals surface area contributed by atoms with Crippen molar-refractivity contribution in [3.05, 3.63) is 36.2 Å². The Morgan fingerprint density at radius 2 is 2.30 bits per heavy atom. The second-order valence-electron chi connectivity index (χ2n) is 4.42. The van der Waals surface area contributed by atoms with Crippen molar-refractivity contribution in [3.63, 3.8) is 0 Å². The summed E-state index contributed by atoms with van der Waals surface area (Å²) in [5.74, 6) is -0.149. The van der Waals surface area contributed by atoms with Gasteiger partial charge in [0.25, 0.3) is 0 Å². The number of anilines is 2. The maximum Gasteiger partial charge on any atom is 0.247 e. The highest BCUT2D eigenvalue weighted by Gasteiger charge is 2.09. The number of benzene rings is 1. The van der Waals surface area contributed by atoms with Gasteiger partial charge >= 0.3 is 0 Å². The van der Waals surface area contributed by atoms with Crippen LogP contribution in [0.5, 0.6) is 0 Å². The van der Waals surface area contributed by atoms with Crippen LogP contribution in [-0.4, -0.2) is 20.7 Å². The van der Waals surface area contributed by atoms with Crippen LogP contribution in [0.2, 0.25) is 0 Å². The van der Waals surface area contributed by atoms with Gasteiger partial charge in [-0.3, -0.25) is 9.48 Å². The Bertz CT molecular complexity index is 776. The van der Waals surface area contributed by atoms with Gasteiger partial charge in [0, 0.05) is 17.6 Å². The molecule has 0 aliphatic rings. The molecule has 0 fully saturated rings. The van der Waals surface area contributed by atoms with Crippen LogP contribution in [0.3, 0.4) is 0 Å². The maximum absolute atomic E-state index is 11.9. The first-order valence-corrected chi connectivity index (χ1v) is 6.88. The molecule has 20 heavy (non-hydrogen) atoms. The summed E-state index contributed by atoms with van der Waals surface area (Å²) in [5.41, 5.74) is 8.18. The smallest absolute Gasteiger partial charge is 0.247 e. The van der Waals surface area contributed by atoms with Crippen LogP contribution in [0.4, 0.5) is 10.8 Å². The van der Waals surface area contributed by atoms with Gasteiger partial charge in [0.15, 0.2) is 5.13 Å². The molecule has 3 N–H and O–H groups in total. The number of aromatic nitrogens is 3. The lowest BCUT2D eigenvalue weighted by Crippen LogP contribution is -2.20. The maximum atomic E-state index is 11.9. The van der Waals surface area contributed by atoms with Crippen LogP contribution in [0.1, 0.15) is 5.69 Å². The van der Waals surface area contributed by atoms with E-state index >= 15 is 0 Å². The zero-order chi connectivity index (χ0) is 14.1. The van der Waals surface area contributed by atoms with Gasteiger partial charge in [-0.05, 0) is 31.2 Å². The van der Waals surface area contributed by atoms with Crippen LogP contribution in [0.15, 0.2) is 30.5 Å². The van der Waals surface area contributed by atoms with Crippen LogP contribution >= 0.6 is 11.3 Å². The molecule has 2 heterocycles. The van der Waals surface area contributed by atoms with E-state index in [1.54, 1.807) is 16.9 Å². The Morgan fingerprint density at radius 1 is 1.45 bits per heavy atom. The minimum atomic E-state index is -0.149. The van der Waals surface area contributed by atoms with Crippen molar-refractivity contribution in [1.29, 1.82) is 0 Å². The fraction of sp³-hybridized carbons (Fsp3) is 0.154. The molecular formula is C13H13N5OS. The summed E-state index contributed by atoms with van der Waals surface area (Å²) in [7, 11) is 0. The summed E-state index contributed by atoms with van der Waals surface area (Å²) in [5, 5.41) is 7.43. The summed E-state index contributed by atoms with van der Waals surface area (Å²) < 4.78 is 2.59. The first kappa shape index (κ1) is 12.6. The number of carbonyl (C=O) groups is 1. The Balaban J connectivity index is 1.75. The van der Waals surface area contributed by atoms with Crippen molar-refractivity contribution in [2.24, 2.45) is 0 Å². The predicted octanol–water partition coefficient (Wildman–Crippen LogP) is 2.02. The number of carbonyl (C=O) groups excluding carboxylic acids is 1. The van der Waals surface area contributed by atoms with Crippen molar-refractivity contribution in [2.75, 3.05) is 11.1 Å². The Kier molecular flexibility index (Phi) is 3.11. The van der Waals surface area contributed by atoms with Gasteiger partial charge < -0.3 is 11.1 Å². The SMILES string of the molecule is Cc1ccnn1CC(=O)Nc1nc2ccc(N)cc2s1. The van der Waals surface area contributed by atoms with Gasteiger partial charge in [0.1, 0.15) is 6.54 Å². The zero-order valence-corrected chi connectivity index (χ0v) is 11.6. The quantitative estimate of drug-likeness (QED) is 0.722. The largest absolute Gasteiger partial charge is 0.399 e. The summed E-state index contributed by atoms with van der Waals surface area (Å²) in [6.45, 7) is 2.08. The number of amides is 1. The van der Waals surface area contributed by atoms with Crippen molar-refractivity contribution in [1.82, 2.24) is 14.8 Å². The van der Waals surface area contributed by atoms with Gasteiger partial charge in [-0.2, -0.15) is 5.10 Å². The molecule has 6 nitrogen and oxygen atoms in total. The molecule has 3 rings (SSSR count). The van der Waals surface area contributed by atoms with Crippen molar-refractivity contribution < 1.29 is 4.79 Å². The van der Waals surface area contributed by atoms with Crippen molar-refractivity contribution >= 4 is 38.3 Å². The topological polar surface area (TPSA) is 85.8 Å². The molecule has 0 aliphatic carbocycles. The van der Waals surface area contributed by atoms with Crippen LogP contribution in [0, 0.1) is 6.92 Å².